The summed E-state index contributed by atoms with van der Waals surface area (Å²) in [4.78, 5) is 3.86. The Morgan fingerprint density at radius 2 is 1.89 bits per heavy atom. The molecule has 1 N–H and O–H groups in total. The van der Waals surface area contributed by atoms with Gasteiger partial charge in [-0.1, -0.05) is 15.9 Å². The largest absolute Gasteiger partial charge is 0.383 e. The highest BCUT2D eigenvalue weighted by Gasteiger charge is 2.26. The second kappa shape index (κ2) is 5.35. The molecule has 0 radical (unpaired) electrons. The minimum absolute atomic E-state index is 0.171. The van der Waals surface area contributed by atoms with Gasteiger partial charge in [0.05, 0.1) is 11.9 Å². The van der Waals surface area contributed by atoms with E-state index in [-0.39, 0.29) is 12.2 Å². The number of aliphatic hydroxyl groups is 1. The van der Waals surface area contributed by atoms with Gasteiger partial charge in [0.1, 0.15) is 17.2 Å². The summed E-state index contributed by atoms with van der Waals surface area (Å²) in [5.41, 5.74) is -0.342. The van der Waals surface area contributed by atoms with Crippen molar-refractivity contribution in [3.63, 3.8) is 0 Å². The third-order valence-electron chi connectivity index (χ3n) is 2.82. The van der Waals surface area contributed by atoms with Crippen LogP contribution in [0, 0.1) is 11.6 Å². The van der Waals surface area contributed by atoms with Gasteiger partial charge < -0.3 is 5.11 Å². The Balaban J connectivity index is 2.30. The zero-order valence-electron chi connectivity index (χ0n) is 10.2. The minimum Gasteiger partial charge on any atom is -0.383 e. The predicted octanol–water partition coefficient (Wildman–Crippen LogP) is 3.57. The van der Waals surface area contributed by atoms with Crippen LogP contribution >= 0.6 is 15.9 Å². The molecule has 1 heterocycles. The number of benzene rings is 1. The maximum absolute atomic E-state index is 13.2. The van der Waals surface area contributed by atoms with Gasteiger partial charge in [0, 0.05) is 10.9 Å². The summed E-state index contributed by atoms with van der Waals surface area (Å²) in [5.74, 6) is -0.840. The third kappa shape index (κ3) is 3.36. The normalized spacial score (nSPS) is 14.2. The van der Waals surface area contributed by atoms with E-state index in [9.17, 15) is 13.9 Å². The second-order valence-electron chi connectivity index (χ2n) is 4.55. The van der Waals surface area contributed by atoms with E-state index in [1.807, 2.05) is 0 Å². The van der Waals surface area contributed by atoms with Crippen molar-refractivity contribution in [3.8, 4) is 0 Å². The van der Waals surface area contributed by atoms with Crippen LogP contribution in [0.4, 0.5) is 8.78 Å². The van der Waals surface area contributed by atoms with Crippen LogP contribution < -0.4 is 0 Å². The first kappa shape index (κ1) is 14.1. The van der Waals surface area contributed by atoms with Gasteiger partial charge in [-0.3, -0.25) is 4.98 Å². The van der Waals surface area contributed by atoms with Gasteiger partial charge in [-0.15, -0.1) is 0 Å². The first-order valence-corrected chi connectivity index (χ1v) is 6.46. The standard InChI is InChI=1S/C14H12BrF2NO/c1-14(19,13-5-3-11(17)8-18-13)7-9-6-10(16)2-4-12(9)15/h2-6,8,19H,7H2,1H3. The van der Waals surface area contributed by atoms with Gasteiger partial charge in [-0.2, -0.15) is 0 Å². The third-order valence-corrected chi connectivity index (χ3v) is 3.60. The van der Waals surface area contributed by atoms with Gasteiger partial charge in [0.2, 0.25) is 0 Å². The van der Waals surface area contributed by atoms with E-state index in [0.717, 1.165) is 6.20 Å². The van der Waals surface area contributed by atoms with Crippen molar-refractivity contribution in [3.05, 3.63) is 63.9 Å². The fourth-order valence-electron chi connectivity index (χ4n) is 1.83. The van der Waals surface area contributed by atoms with E-state index in [1.54, 1.807) is 13.0 Å². The monoisotopic (exact) mass is 327 g/mol. The Morgan fingerprint density at radius 3 is 2.53 bits per heavy atom. The van der Waals surface area contributed by atoms with Crippen LogP contribution in [0.3, 0.4) is 0 Å². The van der Waals surface area contributed by atoms with Crippen LogP contribution in [0.15, 0.2) is 41.0 Å². The summed E-state index contributed by atoms with van der Waals surface area (Å²) >= 11 is 3.31. The average molecular weight is 328 g/mol. The number of rotatable bonds is 3. The molecule has 5 heteroatoms. The number of pyridine rings is 1. The molecule has 0 aliphatic carbocycles. The average Bonchev–Trinajstić information content (AvgIpc) is 2.34. The molecule has 2 rings (SSSR count). The molecule has 0 bridgehead atoms. The topological polar surface area (TPSA) is 33.1 Å². The van der Waals surface area contributed by atoms with Crippen molar-refractivity contribution in [2.75, 3.05) is 0 Å². The van der Waals surface area contributed by atoms with E-state index < -0.39 is 11.4 Å². The molecule has 0 aliphatic rings. The molecule has 1 aromatic heterocycles. The molecule has 1 atom stereocenters. The quantitative estimate of drug-likeness (QED) is 0.934. The fourth-order valence-corrected chi connectivity index (χ4v) is 2.22. The zero-order valence-corrected chi connectivity index (χ0v) is 11.8. The van der Waals surface area contributed by atoms with Crippen molar-refractivity contribution in [1.82, 2.24) is 4.98 Å². The van der Waals surface area contributed by atoms with Gasteiger partial charge >= 0.3 is 0 Å². The van der Waals surface area contributed by atoms with Crippen LogP contribution in [-0.4, -0.2) is 10.1 Å². The second-order valence-corrected chi connectivity index (χ2v) is 5.40. The molecule has 0 spiro atoms. The lowest BCUT2D eigenvalue weighted by Crippen LogP contribution is -2.26. The van der Waals surface area contributed by atoms with E-state index in [0.29, 0.717) is 15.7 Å². The van der Waals surface area contributed by atoms with Crippen molar-refractivity contribution in [2.45, 2.75) is 18.9 Å². The molecule has 0 saturated heterocycles. The molecule has 0 amide bonds. The molecule has 0 saturated carbocycles. The summed E-state index contributed by atoms with van der Waals surface area (Å²) < 4.78 is 26.7. The number of nitrogens with zero attached hydrogens (tertiary/aromatic N) is 1. The Bertz CT molecular complexity index is 584. The van der Waals surface area contributed by atoms with Crippen LogP contribution in [0.25, 0.3) is 0 Å². The number of hydrogen-bond donors (Lipinski definition) is 1. The molecule has 100 valence electrons. The molecule has 0 fully saturated rings. The van der Waals surface area contributed by atoms with Crippen molar-refractivity contribution in [1.29, 1.82) is 0 Å². The molecular formula is C14H12BrF2NO. The minimum atomic E-state index is -1.30. The van der Waals surface area contributed by atoms with Gasteiger partial charge in [-0.25, -0.2) is 8.78 Å². The molecule has 19 heavy (non-hydrogen) atoms. The molecule has 1 aromatic carbocycles. The van der Waals surface area contributed by atoms with Crippen molar-refractivity contribution in [2.24, 2.45) is 0 Å². The predicted molar refractivity (Wildman–Crippen MR) is 71.6 cm³/mol. The lowest BCUT2D eigenvalue weighted by Gasteiger charge is -2.23. The number of halogens is 3. The van der Waals surface area contributed by atoms with Gasteiger partial charge in [-0.05, 0) is 42.8 Å². The van der Waals surface area contributed by atoms with Crippen LogP contribution in [0.1, 0.15) is 18.2 Å². The Labute approximate surface area is 118 Å². The maximum atomic E-state index is 13.2. The summed E-state index contributed by atoms with van der Waals surface area (Å²) in [6.45, 7) is 1.56. The smallest absolute Gasteiger partial charge is 0.141 e. The van der Waals surface area contributed by atoms with Crippen molar-refractivity contribution >= 4 is 15.9 Å². The highest BCUT2D eigenvalue weighted by molar-refractivity contribution is 9.10. The summed E-state index contributed by atoms with van der Waals surface area (Å²) in [6.07, 6.45) is 1.22. The Hall–Kier alpha value is -1.33. The van der Waals surface area contributed by atoms with E-state index >= 15 is 0 Å². The summed E-state index contributed by atoms with van der Waals surface area (Å²) in [6, 6.07) is 6.92. The van der Waals surface area contributed by atoms with E-state index in [2.05, 4.69) is 20.9 Å². The molecule has 0 aliphatic heterocycles. The van der Waals surface area contributed by atoms with E-state index in [4.69, 9.17) is 0 Å². The summed E-state index contributed by atoms with van der Waals surface area (Å²) in [7, 11) is 0. The van der Waals surface area contributed by atoms with Crippen LogP contribution in [-0.2, 0) is 12.0 Å². The molecular weight excluding hydrogens is 316 g/mol. The van der Waals surface area contributed by atoms with Gasteiger partial charge in [0.15, 0.2) is 0 Å². The zero-order chi connectivity index (χ0) is 14.0. The van der Waals surface area contributed by atoms with E-state index in [1.165, 1.54) is 24.3 Å². The molecule has 2 nitrogen and oxygen atoms in total. The summed E-state index contributed by atoms with van der Waals surface area (Å²) in [5, 5.41) is 10.4. The maximum Gasteiger partial charge on any atom is 0.141 e. The SMILES string of the molecule is CC(O)(Cc1cc(F)ccc1Br)c1ccc(F)cn1. The first-order chi connectivity index (χ1) is 8.88. The lowest BCUT2D eigenvalue weighted by molar-refractivity contribution is 0.0527. The van der Waals surface area contributed by atoms with Gasteiger partial charge in [0.25, 0.3) is 0 Å². The Kier molecular flexibility index (Phi) is 3.96. The highest BCUT2D eigenvalue weighted by Crippen LogP contribution is 2.28. The van der Waals surface area contributed by atoms with Crippen LogP contribution in [0.5, 0.6) is 0 Å². The highest BCUT2D eigenvalue weighted by atomic mass is 79.9. The lowest BCUT2D eigenvalue weighted by atomic mass is 9.93. The Morgan fingerprint density at radius 1 is 1.21 bits per heavy atom. The van der Waals surface area contributed by atoms with Crippen molar-refractivity contribution < 1.29 is 13.9 Å². The van der Waals surface area contributed by atoms with Crippen LogP contribution in [0.2, 0.25) is 0 Å². The molecule has 2 aromatic rings. The fraction of sp³-hybridized carbons (Fsp3) is 0.214. The molecule has 1 unspecified atom stereocenters. The number of aromatic nitrogens is 1. The number of hydrogen-bond acceptors (Lipinski definition) is 2. The first-order valence-electron chi connectivity index (χ1n) is 5.67.